The Bertz CT molecular complexity index is 2010. The molecule has 226 valence electrons. The molecule has 2 aliphatic heterocycles. The number of carbonyl (C=O) groups is 2. The predicted octanol–water partition coefficient (Wildman–Crippen LogP) is 7.49. The fraction of sp³-hybridized carbons (Fsp3) is 0.171. The maximum absolute atomic E-state index is 13.8. The molecular weight excluding hydrogens is 612 g/mol. The standard InChI is InChI=1S/C35H27ClN2O6S/c1-19-14-23-15-22(9-12-26(23)44-19)32(39)30-31(21-8-13-27(28(16-21)42-2)43-18-20-6-4-3-5-7-20)38(34(41)33(30)40)35-37-25-11-10-24(36)17-29(25)45-35/h3-13,15-17,19,31,39H,14,18H2,1-2H3/t19-,31-/m0/s1. The van der Waals surface area contributed by atoms with Crippen LogP contribution in [0.15, 0.2) is 90.5 Å². The second-order valence-corrected chi connectivity index (χ2v) is 12.4. The van der Waals surface area contributed by atoms with Crippen LogP contribution in [0, 0.1) is 0 Å². The molecular formula is C35H27ClN2O6S. The van der Waals surface area contributed by atoms with Gasteiger partial charge in [-0.25, -0.2) is 4.98 Å². The third-order valence-electron chi connectivity index (χ3n) is 7.90. The number of amides is 1. The fourth-order valence-electron chi connectivity index (χ4n) is 5.77. The van der Waals surface area contributed by atoms with Gasteiger partial charge in [-0.1, -0.05) is 59.3 Å². The molecule has 2 atom stereocenters. The van der Waals surface area contributed by atoms with Gasteiger partial charge < -0.3 is 19.3 Å². The van der Waals surface area contributed by atoms with Crippen LogP contribution in [0.3, 0.4) is 0 Å². The maximum Gasteiger partial charge on any atom is 0.301 e. The zero-order valence-corrected chi connectivity index (χ0v) is 25.9. The third kappa shape index (κ3) is 5.28. The summed E-state index contributed by atoms with van der Waals surface area (Å²) in [6, 6.07) is 24.5. The van der Waals surface area contributed by atoms with E-state index in [1.807, 2.05) is 37.3 Å². The van der Waals surface area contributed by atoms with E-state index in [1.165, 1.54) is 23.3 Å². The van der Waals surface area contributed by atoms with Gasteiger partial charge in [0.1, 0.15) is 24.2 Å². The van der Waals surface area contributed by atoms with Crippen LogP contribution in [0.4, 0.5) is 5.13 Å². The second kappa shape index (κ2) is 11.6. The normalized spacial score (nSPS) is 18.7. The van der Waals surface area contributed by atoms with Crippen molar-refractivity contribution in [2.75, 3.05) is 12.0 Å². The maximum atomic E-state index is 13.8. The largest absolute Gasteiger partial charge is 0.507 e. The van der Waals surface area contributed by atoms with E-state index < -0.39 is 17.7 Å². The van der Waals surface area contributed by atoms with Gasteiger partial charge in [0, 0.05) is 17.0 Å². The van der Waals surface area contributed by atoms with E-state index in [-0.39, 0.29) is 17.4 Å². The van der Waals surface area contributed by atoms with Crippen LogP contribution >= 0.6 is 22.9 Å². The van der Waals surface area contributed by atoms with Gasteiger partial charge in [-0.15, -0.1) is 0 Å². The van der Waals surface area contributed by atoms with E-state index in [2.05, 4.69) is 4.98 Å². The molecule has 0 radical (unpaired) electrons. The van der Waals surface area contributed by atoms with Crippen molar-refractivity contribution >= 4 is 55.7 Å². The highest BCUT2D eigenvalue weighted by molar-refractivity contribution is 7.22. The molecule has 45 heavy (non-hydrogen) atoms. The lowest BCUT2D eigenvalue weighted by atomic mass is 9.94. The van der Waals surface area contributed by atoms with Crippen LogP contribution in [0.1, 0.15) is 35.2 Å². The quantitative estimate of drug-likeness (QED) is 0.112. The van der Waals surface area contributed by atoms with Gasteiger partial charge in [-0.3, -0.25) is 14.5 Å². The number of thiazole rings is 1. The minimum Gasteiger partial charge on any atom is -0.507 e. The minimum atomic E-state index is -0.999. The summed E-state index contributed by atoms with van der Waals surface area (Å²) in [5.41, 5.74) is 3.44. The molecule has 8 nitrogen and oxygen atoms in total. The summed E-state index contributed by atoms with van der Waals surface area (Å²) in [5, 5.41) is 12.6. The van der Waals surface area contributed by atoms with Crippen molar-refractivity contribution < 1.29 is 28.9 Å². The van der Waals surface area contributed by atoms with Crippen molar-refractivity contribution in [3.8, 4) is 17.2 Å². The van der Waals surface area contributed by atoms with Gasteiger partial charge in [-0.05, 0) is 72.1 Å². The number of hydrogen-bond donors (Lipinski definition) is 1. The number of anilines is 1. The number of aromatic nitrogens is 1. The highest BCUT2D eigenvalue weighted by Gasteiger charge is 2.48. The van der Waals surface area contributed by atoms with Crippen LogP contribution in [-0.4, -0.2) is 35.0 Å². The number of rotatable bonds is 7. The molecule has 7 rings (SSSR count). The first kappa shape index (κ1) is 28.9. The number of Topliss-reactive ketones (excluding diaryl/α,β-unsaturated/α-hetero) is 1. The Kier molecular flexibility index (Phi) is 7.43. The summed E-state index contributed by atoms with van der Waals surface area (Å²) in [6.07, 6.45) is 0.676. The lowest BCUT2D eigenvalue weighted by molar-refractivity contribution is -0.132. The number of benzene rings is 4. The Morgan fingerprint density at radius 1 is 1.04 bits per heavy atom. The predicted molar refractivity (Wildman–Crippen MR) is 173 cm³/mol. The Labute approximate surface area is 268 Å². The van der Waals surface area contributed by atoms with Crippen molar-refractivity contribution in [3.05, 3.63) is 118 Å². The van der Waals surface area contributed by atoms with E-state index in [9.17, 15) is 14.7 Å². The van der Waals surface area contributed by atoms with Gasteiger partial charge in [-0.2, -0.15) is 0 Å². The number of ketones is 1. The van der Waals surface area contributed by atoms with Crippen LogP contribution < -0.4 is 19.1 Å². The van der Waals surface area contributed by atoms with Gasteiger partial charge >= 0.3 is 5.91 Å². The number of hydrogen-bond acceptors (Lipinski definition) is 8. The molecule has 0 saturated carbocycles. The molecule has 10 heteroatoms. The van der Waals surface area contributed by atoms with Gasteiger partial charge in [0.25, 0.3) is 5.78 Å². The molecule has 0 unspecified atom stereocenters. The number of aliphatic hydroxyl groups is 1. The van der Waals surface area contributed by atoms with Crippen LogP contribution in [0.2, 0.25) is 5.02 Å². The van der Waals surface area contributed by atoms with Crippen molar-refractivity contribution in [1.82, 2.24) is 4.98 Å². The average Bonchev–Trinajstić information content (AvgIpc) is 3.71. The van der Waals surface area contributed by atoms with E-state index in [1.54, 1.807) is 54.6 Å². The van der Waals surface area contributed by atoms with E-state index in [4.69, 9.17) is 25.8 Å². The molecule has 5 aromatic rings. The van der Waals surface area contributed by atoms with Crippen molar-refractivity contribution in [2.45, 2.75) is 32.1 Å². The lowest BCUT2D eigenvalue weighted by Gasteiger charge is -2.24. The number of ether oxygens (including phenoxy) is 3. The number of methoxy groups -OCH3 is 1. The van der Waals surface area contributed by atoms with E-state index in [0.29, 0.717) is 51.3 Å². The number of halogens is 1. The smallest absolute Gasteiger partial charge is 0.301 e. The zero-order valence-electron chi connectivity index (χ0n) is 24.3. The third-order valence-corrected chi connectivity index (χ3v) is 9.15. The Morgan fingerprint density at radius 2 is 1.87 bits per heavy atom. The topological polar surface area (TPSA) is 98.2 Å². The molecule has 1 aromatic heterocycles. The number of nitrogens with zero attached hydrogens (tertiary/aromatic N) is 2. The Hall–Kier alpha value is -4.86. The number of carbonyl (C=O) groups excluding carboxylic acids is 2. The molecule has 1 saturated heterocycles. The summed E-state index contributed by atoms with van der Waals surface area (Å²) in [7, 11) is 1.52. The zero-order chi connectivity index (χ0) is 31.2. The lowest BCUT2D eigenvalue weighted by Crippen LogP contribution is -2.29. The van der Waals surface area contributed by atoms with Crippen molar-refractivity contribution in [2.24, 2.45) is 0 Å². The van der Waals surface area contributed by atoms with Crippen LogP contribution in [0.5, 0.6) is 17.2 Å². The van der Waals surface area contributed by atoms with E-state index in [0.717, 1.165) is 21.6 Å². The van der Waals surface area contributed by atoms with Gasteiger partial charge in [0.05, 0.1) is 28.9 Å². The van der Waals surface area contributed by atoms with Crippen molar-refractivity contribution in [1.29, 1.82) is 0 Å². The molecule has 4 aromatic carbocycles. The summed E-state index contributed by atoms with van der Waals surface area (Å²) in [5.74, 6) is -0.259. The fourth-order valence-corrected chi connectivity index (χ4v) is 7.04. The van der Waals surface area contributed by atoms with Gasteiger partial charge in [0.2, 0.25) is 0 Å². The summed E-state index contributed by atoms with van der Waals surface area (Å²) in [4.78, 5) is 33.6. The highest BCUT2D eigenvalue weighted by atomic mass is 35.5. The molecule has 2 aliphatic rings. The summed E-state index contributed by atoms with van der Waals surface area (Å²) >= 11 is 7.47. The molecule has 0 bridgehead atoms. The van der Waals surface area contributed by atoms with Crippen LogP contribution in [0.25, 0.3) is 16.0 Å². The summed E-state index contributed by atoms with van der Waals surface area (Å²) < 4.78 is 18.3. The molecule has 0 aliphatic carbocycles. The highest BCUT2D eigenvalue weighted by Crippen LogP contribution is 2.46. The first-order valence-electron chi connectivity index (χ1n) is 14.3. The molecule has 1 amide bonds. The average molecular weight is 639 g/mol. The minimum absolute atomic E-state index is 0.00519. The van der Waals surface area contributed by atoms with Crippen LogP contribution in [-0.2, 0) is 22.6 Å². The Morgan fingerprint density at radius 3 is 2.67 bits per heavy atom. The van der Waals surface area contributed by atoms with E-state index >= 15 is 0 Å². The molecule has 1 fully saturated rings. The molecule has 0 spiro atoms. The number of aliphatic hydroxyl groups excluding tert-OH is 1. The second-order valence-electron chi connectivity index (χ2n) is 10.9. The monoisotopic (exact) mass is 638 g/mol. The molecule has 3 heterocycles. The van der Waals surface area contributed by atoms with Crippen molar-refractivity contribution in [3.63, 3.8) is 0 Å². The molecule has 1 N–H and O–H groups in total. The van der Waals surface area contributed by atoms with Gasteiger partial charge in [0.15, 0.2) is 16.6 Å². The first-order valence-corrected chi connectivity index (χ1v) is 15.5. The number of fused-ring (bicyclic) bond motifs is 2. The SMILES string of the molecule is COc1cc([C@H]2C(=C(O)c3ccc4c(c3)C[C@H](C)O4)C(=O)C(=O)N2c2nc3ccc(Cl)cc3s2)ccc1OCc1ccccc1. The Balaban J connectivity index is 1.35. The first-order chi connectivity index (χ1) is 21.8. The summed E-state index contributed by atoms with van der Waals surface area (Å²) in [6.45, 7) is 2.29.